The number of nitrogens with one attached hydrogen (secondary N) is 5. The molecule has 6 atom stereocenters. The van der Waals surface area contributed by atoms with Crippen LogP contribution in [0.1, 0.15) is 51.5 Å². The van der Waals surface area contributed by atoms with E-state index in [9.17, 15) is 43.8 Å². The topological polar surface area (TPSA) is 401 Å². The number of carboxylic acid groups (broad SMARTS) is 1. The van der Waals surface area contributed by atoms with Crippen LogP contribution in [0.15, 0.2) is 40.3 Å². The van der Waals surface area contributed by atoms with Gasteiger partial charge in [0.05, 0.1) is 19.1 Å². The summed E-state index contributed by atoms with van der Waals surface area (Å²) in [6.07, 6.45) is -0.678. The zero-order valence-electron chi connectivity index (χ0n) is 30.9. The Kier molecular flexibility index (Phi) is 20.8. The van der Waals surface area contributed by atoms with Gasteiger partial charge in [-0.2, -0.15) is 0 Å². The van der Waals surface area contributed by atoms with E-state index < -0.39 is 90.7 Å². The van der Waals surface area contributed by atoms with Crippen LogP contribution in [0.5, 0.6) is 0 Å². The van der Waals surface area contributed by atoms with Gasteiger partial charge < -0.3 is 71.2 Å². The maximum Gasteiger partial charge on any atom is 0.326 e. The fourth-order valence-electron chi connectivity index (χ4n) is 4.86. The van der Waals surface area contributed by atoms with Crippen molar-refractivity contribution in [1.29, 1.82) is 0 Å². The Morgan fingerprint density at radius 3 is 1.56 bits per heavy atom. The van der Waals surface area contributed by atoms with Crippen LogP contribution in [0.3, 0.4) is 0 Å². The predicted molar refractivity (Wildman–Crippen MR) is 201 cm³/mol. The highest BCUT2D eigenvalue weighted by atomic mass is 16.4. The smallest absolute Gasteiger partial charge is 0.326 e. The van der Waals surface area contributed by atoms with Crippen LogP contribution >= 0.6 is 0 Å². The Labute approximate surface area is 318 Å². The van der Waals surface area contributed by atoms with Gasteiger partial charge in [-0.05, 0) is 37.2 Å². The molecule has 6 amide bonds. The second-order valence-electron chi connectivity index (χ2n) is 12.9. The van der Waals surface area contributed by atoms with Crippen molar-refractivity contribution in [3.63, 3.8) is 0 Å². The summed E-state index contributed by atoms with van der Waals surface area (Å²) in [5, 5.41) is 31.3. The van der Waals surface area contributed by atoms with Gasteiger partial charge in [-0.25, -0.2) is 4.79 Å². The zero-order valence-corrected chi connectivity index (χ0v) is 30.9. The summed E-state index contributed by atoms with van der Waals surface area (Å²) in [4.78, 5) is 97.9. The molecule has 0 spiro atoms. The first-order valence-electron chi connectivity index (χ1n) is 17.4. The number of carbonyl (C=O) groups excluding carboxylic acids is 6. The number of aliphatic imine (C=N–C) groups is 2. The molecule has 22 heteroatoms. The van der Waals surface area contributed by atoms with E-state index in [4.69, 9.17) is 34.4 Å². The van der Waals surface area contributed by atoms with Crippen LogP contribution in [-0.2, 0) is 40.0 Å². The van der Waals surface area contributed by atoms with Crippen LogP contribution in [0.4, 0.5) is 0 Å². The molecule has 22 nitrogen and oxygen atoms in total. The summed E-state index contributed by atoms with van der Waals surface area (Å²) in [5.74, 6) is -7.77. The van der Waals surface area contributed by atoms with Crippen molar-refractivity contribution in [3.8, 4) is 0 Å². The van der Waals surface area contributed by atoms with Gasteiger partial charge in [-0.1, -0.05) is 44.2 Å². The van der Waals surface area contributed by atoms with Crippen molar-refractivity contribution in [3.05, 3.63) is 35.9 Å². The summed E-state index contributed by atoms with van der Waals surface area (Å²) in [7, 11) is 0. The number of carbonyl (C=O) groups is 7. The molecule has 0 radical (unpaired) electrons. The third kappa shape index (κ3) is 18.5. The zero-order chi connectivity index (χ0) is 41.7. The quantitative estimate of drug-likeness (QED) is 0.0251. The van der Waals surface area contributed by atoms with Gasteiger partial charge in [0.2, 0.25) is 35.4 Å². The van der Waals surface area contributed by atoms with E-state index in [-0.39, 0.29) is 63.0 Å². The normalized spacial score (nSPS) is 14.1. The third-order valence-electron chi connectivity index (χ3n) is 7.93. The first kappa shape index (κ1) is 47.0. The lowest BCUT2D eigenvalue weighted by Gasteiger charge is -2.27. The van der Waals surface area contributed by atoms with E-state index in [1.165, 1.54) is 0 Å². The lowest BCUT2D eigenvalue weighted by atomic mass is 10.0. The molecule has 0 aliphatic carbocycles. The third-order valence-corrected chi connectivity index (χ3v) is 7.93. The van der Waals surface area contributed by atoms with E-state index in [2.05, 4.69) is 36.6 Å². The fourth-order valence-corrected chi connectivity index (χ4v) is 4.86. The molecule has 19 N–H and O–H groups in total. The molecule has 6 unspecified atom stereocenters. The molecule has 55 heavy (non-hydrogen) atoms. The lowest BCUT2D eigenvalue weighted by molar-refractivity contribution is -0.143. The van der Waals surface area contributed by atoms with Crippen LogP contribution < -0.4 is 61.0 Å². The number of aliphatic carboxylic acids is 1. The number of aliphatic hydroxyl groups excluding tert-OH is 1. The molecule has 0 saturated carbocycles. The summed E-state index contributed by atoms with van der Waals surface area (Å²) in [6, 6.07) is 0.247. The molecule has 1 aromatic carbocycles. The van der Waals surface area contributed by atoms with E-state index in [0.29, 0.717) is 5.56 Å². The Morgan fingerprint density at radius 2 is 1.07 bits per heavy atom. The van der Waals surface area contributed by atoms with Crippen LogP contribution in [0, 0.1) is 5.92 Å². The first-order chi connectivity index (χ1) is 25.9. The first-order valence-corrected chi connectivity index (χ1v) is 17.4. The van der Waals surface area contributed by atoms with Gasteiger partial charge in [0.1, 0.15) is 30.2 Å². The van der Waals surface area contributed by atoms with E-state index in [1.54, 1.807) is 44.2 Å². The van der Waals surface area contributed by atoms with Gasteiger partial charge in [-0.15, -0.1) is 0 Å². The van der Waals surface area contributed by atoms with Gasteiger partial charge in [-0.3, -0.25) is 38.8 Å². The molecule has 0 saturated heterocycles. The van der Waals surface area contributed by atoms with Crippen LogP contribution in [0.25, 0.3) is 0 Å². The minimum absolute atomic E-state index is 0.0158. The van der Waals surface area contributed by atoms with Gasteiger partial charge in [0, 0.05) is 19.5 Å². The predicted octanol–water partition coefficient (Wildman–Crippen LogP) is -5.30. The van der Waals surface area contributed by atoms with Gasteiger partial charge in [0.25, 0.3) is 0 Å². The van der Waals surface area contributed by atoms with E-state index in [1.807, 2.05) is 0 Å². The Morgan fingerprint density at radius 1 is 0.636 bits per heavy atom. The van der Waals surface area contributed by atoms with Crippen molar-refractivity contribution >= 4 is 53.3 Å². The Balaban J connectivity index is 3.29. The number of hydrogen-bond acceptors (Lipinski definition) is 11. The average molecular weight is 778 g/mol. The number of nitrogens with two attached hydrogens (primary N) is 6. The number of rotatable bonds is 25. The van der Waals surface area contributed by atoms with Gasteiger partial charge in [0.15, 0.2) is 11.9 Å². The molecule has 0 bridgehead atoms. The molecule has 1 rings (SSSR count). The Hall–Kier alpha value is -6.03. The highest BCUT2D eigenvalue weighted by Crippen LogP contribution is 2.08. The maximum absolute atomic E-state index is 13.7. The van der Waals surface area contributed by atoms with Crippen molar-refractivity contribution in [1.82, 2.24) is 26.6 Å². The van der Waals surface area contributed by atoms with Gasteiger partial charge >= 0.3 is 5.97 Å². The van der Waals surface area contributed by atoms with E-state index >= 15 is 0 Å². The highest BCUT2D eigenvalue weighted by molar-refractivity contribution is 5.98. The van der Waals surface area contributed by atoms with Crippen LogP contribution in [0.2, 0.25) is 0 Å². The number of carboxylic acids is 1. The van der Waals surface area contributed by atoms with Crippen molar-refractivity contribution in [2.45, 2.75) is 88.6 Å². The van der Waals surface area contributed by atoms with Crippen molar-refractivity contribution < 1.29 is 43.8 Å². The minimum Gasteiger partial charge on any atom is -0.480 e. The monoisotopic (exact) mass is 777 g/mol. The summed E-state index contributed by atoms with van der Waals surface area (Å²) in [5.41, 5.74) is 33.4. The Bertz CT molecular complexity index is 1520. The molecule has 0 aromatic heterocycles. The largest absolute Gasteiger partial charge is 0.480 e. The average Bonchev–Trinajstić information content (AvgIpc) is 3.11. The molecular weight excluding hydrogens is 722 g/mol. The number of primary amides is 1. The molecule has 0 heterocycles. The minimum atomic E-state index is -1.73. The second-order valence-corrected chi connectivity index (χ2v) is 12.9. The summed E-state index contributed by atoms with van der Waals surface area (Å²) < 4.78 is 0. The van der Waals surface area contributed by atoms with Crippen molar-refractivity contribution in [2.75, 3.05) is 19.7 Å². The SMILES string of the molecule is CC(C)C(N)C(=O)NC(Cc1ccccc1)C(=O)NC(CCCN=C(N)N)C(=O)NC(CC(N)=O)C(=O)NC(CO)C(=O)NC(CCCN=C(N)N)C(=O)O. The highest BCUT2D eigenvalue weighted by Gasteiger charge is 2.33. The summed E-state index contributed by atoms with van der Waals surface area (Å²) >= 11 is 0. The summed E-state index contributed by atoms with van der Waals surface area (Å²) in [6.45, 7) is 2.56. The molecule has 1 aromatic rings. The number of nitrogens with zero attached hydrogens (tertiary/aromatic N) is 2. The number of aliphatic hydroxyl groups is 1. The molecule has 306 valence electrons. The second kappa shape index (κ2) is 24.3. The van der Waals surface area contributed by atoms with Crippen LogP contribution in [-0.4, -0.2) is 119 Å². The molecule has 0 fully saturated rings. The lowest BCUT2D eigenvalue weighted by Crippen LogP contribution is -2.60. The number of guanidine groups is 2. The standard InChI is InChI=1S/C33H55N13O9/c1-17(2)25(35)30(53)45-21(14-18-8-4-3-5-9-18)27(50)42-19(10-6-12-40-32(36)37)26(49)44-22(15-24(34)48)28(51)46-23(16-47)29(52)43-20(31(54)55)11-7-13-41-33(38)39/h3-5,8-9,17,19-23,25,47H,6-7,10-16,35H2,1-2H3,(H2,34,48)(H,42,50)(H,43,52)(H,44,49)(H,45,53)(H,46,51)(H,54,55)(H4,36,37,40)(H4,38,39,41). The van der Waals surface area contributed by atoms with Crippen molar-refractivity contribution in [2.24, 2.45) is 50.3 Å². The number of hydrogen-bond donors (Lipinski definition) is 13. The fraction of sp³-hybridized carbons (Fsp3) is 0.545. The molecule has 0 aliphatic heterocycles. The number of benzene rings is 1. The molecular formula is C33H55N13O9. The number of amides is 6. The molecule has 0 aliphatic rings. The van der Waals surface area contributed by atoms with E-state index in [0.717, 1.165) is 0 Å². The maximum atomic E-state index is 13.7.